The fraction of sp³-hybridized carbons (Fsp3) is 0.481. The number of carbonyl (C=O) groups excluding carboxylic acids is 1. The van der Waals surface area contributed by atoms with E-state index in [0.29, 0.717) is 22.2 Å². The first-order valence-electron chi connectivity index (χ1n) is 12.6. The van der Waals surface area contributed by atoms with Gasteiger partial charge in [-0.2, -0.15) is 0 Å². The second kappa shape index (κ2) is 8.87. The van der Waals surface area contributed by atoms with Gasteiger partial charge >= 0.3 is 0 Å². The molecular formula is C27H33FN4O3S. The summed E-state index contributed by atoms with van der Waals surface area (Å²) < 4.78 is 43.9. The smallest absolute Gasteiger partial charge is 0.251 e. The van der Waals surface area contributed by atoms with Crippen molar-refractivity contribution < 1.29 is 17.6 Å². The normalized spacial score (nSPS) is 17.4. The number of amides is 1. The highest BCUT2D eigenvalue weighted by molar-refractivity contribution is 7.94. The van der Waals surface area contributed by atoms with Crippen molar-refractivity contribution in [2.24, 2.45) is 5.73 Å². The first kappa shape index (κ1) is 24.7. The van der Waals surface area contributed by atoms with Crippen LogP contribution in [0.1, 0.15) is 93.6 Å². The van der Waals surface area contributed by atoms with Crippen molar-refractivity contribution in [3.05, 3.63) is 47.4 Å². The number of rotatable bonds is 6. The predicted octanol–water partition coefficient (Wildman–Crippen LogP) is 5.86. The van der Waals surface area contributed by atoms with Crippen molar-refractivity contribution >= 4 is 32.7 Å². The maximum atomic E-state index is 15.1. The van der Waals surface area contributed by atoms with Gasteiger partial charge in [-0.05, 0) is 82.2 Å². The summed E-state index contributed by atoms with van der Waals surface area (Å²) in [6, 6.07) is 6.85. The zero-order chi connectivity index (χ0) is 25.8. The molecule has 7 nitrogen and oxygen atoms in total. The first-order valence-corrected chi connectivity index (χ1v) is 14.1. The minimum atomic E-state index is -3.64. The molecule has 0 saturated heterocycles. The van der Waals surface area contributed by atoms with Gasteiger partial charge < -0.3 is 10.3 Å². The zero-order valence-corrected chi connectivity index (χ0v) is 21.8. The molecule has 0 radical (unpaired) electrons. The van der Waals surface area contributed by atoms with Crippen LogP contribution in [0.2, 0.25) is 0 Å². The molecule has 5 rings (SSSR count). The highest BCUT2D eigenvalue weighted by atomic mass is 32.2. The van der Waals surface area contributed by atoms with Crippen molar-refractivity contribution in [2.75, 3.05) is 4.72 Å². The van der Waals surface area contributed by atoms with Gasteiger partial charge in [0.1, 0.15) is 11.6 Å². The standard InChI is InChI=1S/C27H33FN4O3S/c1-27(2,3)36(34,35)31-23-12-11-17(15-30-23)25-24(26(29)33)20-13-21(28)19(16-9-10-16)14-22(20)32(25)18-7-5-4-6-8-18/h11-16,18H,4-10H2,1-3H3,(H2,29,33)(H,30,31). The van der Waals surface area contributed by atoms with E-state index in [1.807, 2.05) is 6.07 Å². The third-order valence-corrected chi connectivity index (χ3v) is 9.50. The van der Waals surface area contributed by atoms with Crippen molar-refractivity contribution in [1.29, 1.82) is 0 Å². The predicted molar refractivity (Wildman–Crippen MR) is 140 cm³/mol. The Bertz CT molecular complexity index is 1430. The van der Waals surface area contributed by atoms with Gasteiger partial charge in [0.15, 0.2) is 0 Å². The Labute approximate surface area is 211 Å². The van der Waals surface area contributed by atoms with E-state index in [-0.39, 0.29) is 29.2 Å². The Morgan fingerprint density at radius 3 is 2.36 bits per heavy atom. The van der Waals surface area contributed by atoms with Crippen LogP contribution in [0.5, 0.6) is 0 Å². The van der Waals surface area contributed by atoms with Crippen molar-refractivity contribution in [3.8, 4) is 11.3 Å². The minimum absolute atomic E-state index is 0.154. The molecular weight excluding hydrogens is 479 g/mol. The Morgan fingerprint density at radius 1 is 1.11 bits per heavy atom. The molecule has 2 heterocycles. The number of benzene rings is 1. The van der Waals surface area contributed by atoms with Gasteiger partial charge in [-0.3, -0.25) is 9.52 Å². The lowest BCUT2D eigenvalue weighted by molar-refractivity contribution is 0.100. The second-order valence-corrected chi connectivity index (χ2v) is 13.5. The van der Waals surface area contributed by atoms with E-state index in [9.17, 15) is 13.2 Å². The molecule has 2 aliphatic rings. The quantitative estimate of drug-likeness (QED) is 0.431. The average molecular weight is 513 g/mol. The summed E-state index contributed by atoms with van der Waals surface area (Å²) in [7, 11) is -3.64. The molecule has 0 aliphatic heterocycles. The number of anilines is 1. The van der Waals surface area contributed by atoms with E-state index in [2.05, 4.69) is 14.3 Å². The van der Waals surface area contributed by atoms with Gasteiger partial charge in [0.25, 0.3) is 5.91 Å². The maximum Gasteiger partial charge on any atom is 0.251 e. The maximum absolute atomic E-state index is 15.1. The topological polar surface area (TPSA) is 107 Å². The number of primary amides is 1. The van der Waals surface area contributed by atoms with Crippen molar-refractivity contribution in [2.45, 2.75) is 82.4 Å². The van der Waals surface area contributed by atoms with E-state index >= 15 is 4.39 Å². The van der Waals surface area contributed by atoms with Crippen LogP contribution in [0.4, 0.5) is 10.2 Å². The third kappa shape index (κ3) is 4.38. The molecule has 2 saturated carbocycles. The molecule has 9 heteroatoms. The summed E-state index contributed by atoms with van der Waals surface area (Å²) in [5, 5.41) is 0.516. The molecule has 0 unspecified atom stereocenters. The summed E-state index contributed by atoms with van der Waals surface area (Å²) in [5.41, 5.74) is 8.96. The summed E-state index contributed by atoms with van der Waals surface area (Å²) >= 11 is 0. The number of nitrogens with two attached hydrogens (primary N) is 1. The van der Waals surface area contributed by atoms with Gasteiger partial charge in [-0.25, -0.2) is 17.8 Å². The Hall–Kier alpha value is -2.94. The average Bonchev–Trinajstić information content (AvgIpc) is 3.60. The van der Waals surface area contributed by atoms with Crippen LogP contribution >= 0.6 is 0 Å². The number of pyridine rings is 1. The molecule has 3 N–H and O–H groups in total. The van der Waals surface area contributed by atoms with E-state index in [1.54, 1.807) is 39.1 Å². The molecule has 1 aromatic carbocycles. The molecule has 0 atom stereocenters. The molecule has 2 aliphatic carbocycles. The minimum Gasteiger partial charge on any atom is -0.366 e. The molecule has 36 heavy (non-hydrogen) atoms. The van der Waals surface area contributed by atoms with Gasteiger partial charge in [-0.15, -0.1) is 0 Å². The zero-order valence-electron chi connectivity index (χ0n) is 21.0. The van der Waals surface area contributed by atoms with Crippen LogP contribution in [-0.2, 0) is 10.0 Å². The number of nitrogens with one attached hydrogen (secondary N) is 1. The number of carbonyl (C=O) groups is 1. The van der Waals surface area contributed by atoms with Gasteiger partial charge in [-0.1, -0.05) is 19.3 Å². The molecule has 2 aromatic heterocycles. The number of halogens is 1. The van der Waals surface area contributed by atoms with E-state index < -0.39 is 20.7 Å². The lowest BCUT2D eigenvalue weighted by Crippen LogP contribution is -2.33. The Morgan fingerprint density at radius 2 is 1.81 bits per heavy atom. The number of nitrogens with zero attached hydrogens (tertiary/aromatic N) is 2. The van der Waals surface area contributed by atoms with E-state index in [4.69, 9.17) is 5.73 Å². The molecule has 2 fully saturated rings. The SMILES string of the molecule is CC(C)(C)S(=O)(=O)Nc1ccc(-c2c(C(N)=O)c3cc(F)c(C4CC4)cc3n2C2CCCCC2)cn1. The number of hydrogen-bond donors (Lipinski definition) is 2. The molecule has 0 spiro atoms. The lowest BCUT2D eigenvalue weighted by Gasteiger charge is -2.27. The van der Waals surface area contributed by atoms with Crippen LogP contribution in [0.3, 0.4) is 0 Å². The van der Waals surface area contributed by atoms with Crippen LogP contribution in [0.25, 0.3) is 22.2 Å². The molecule has 3 aromatic rings. The number of hydrogen-bond acceptors (Lipinski definition) is 4. The van der Waals surface area contributed by atoms with Crippen LogP contribution in [0.15, 0.2) is 30.5 Å². The highest BCUT2D eigenvalue weighted by Gasteiger charge is 2.33. The number of sulfonamides is 1. The van der Waals surface area contributed by atoms with Crippen LogP contribution in [-0.4, -0.2) is 28.6 Å². The second-order valence-electron chi connectivity index (χ2n) is 11.1. The monoisotopic (exact) mass is 512 g/mol. The number of fused-ring (bicyclic) bond motifs is 1. The van der Waals surface area contributed by atoms with Crippen molar-refractivity contribution in [3.63, 3.8) is 0 Å². The van der Waals surface area contributed by atoms with Gasteiger partial charge in [0.05, 0.1) is 21.5 Å². The summed E-state index contributed by atoms with van der Waals surface area (Å²) in [5.74, 6) is -0.511. The summed E-state index contributed by atoms with van der Waals surface area (Å²) in [6.07, 6.45) is 8.74. The van der Waals surface area contributed by atoms with Crippen molar-refractivity contribution in [1.82, 2.24) is 9.55 Å². The Balaban J connectivity index is 1.69. The summed E-state index contributed by atoms with van der Waals surface area (Å²) in [4.78, 5) is 17.1. The highest BCUT2D eigenvalue weighted by Crippen LogP contribution is 2.46. The number of aromatic nitrogens is 2. The largest absolute Gasteiger partial charge is 0.366 e. The fourth-order valence-electron chi connectivity index (χ4n) is 5.19. The molecule has 1 amide bonds. The molecule has 192 valence electrons. The molecule has 0 bridgehead atoms. The van der Waals surface area contributed by atoms with E-state index in [1.165, 1.54) is 12.5 Å². The van der Waals surface area contributed by atoms with Crippen LogP contribution < -0.4 is 10.5 Å². The van der Waals surface area contributed by atoms with Crippen LogP contribution in [0, 0.1) is 5.82 Å². The summed E-state index contributed by atoms with van der Waals surface area (Å²) in [6.45, 7) is 4.83. The Kier molecular flexibility index (Phi) is 6.09. The van der Waals surface area contributed by atoms with Gasteiger partial charge in [0.2, 0.25) is 10.0 Å². The third-order valence-electron chi connectivity index (χ3n) is 7.41. The van der Waals surface area contributed by atoms with E-state index in [0.717, 1.165) is 44.0 Å². The lowest BCUT2D eigenvalue weighted by atomic mass is 9.94. The van der Waals surface area contributed by atoms with Gasteiger partial charge in [0, 0.05) is 23.2 Å². The first-order chi connectivity index (χ1) is 17.0. The fourth-order valence-corrected chi connectivity index (χ4v) is 5.89.